The van der Waals surface area contributed by atoms with Crippen LogP contribution in [0, 0.1) is 5.92 Å². The van der Waals surface area contributed by atoms with Gasteiger partial charge in [0.25, 0.3) is 0 Å². The van der Waals surface area contributed by atoms with Crippen LogP contribution < -0.4 is 0 Å². The van der Waals surface area contributed by atoms with Gasteiger partial charge >= 0.3 is 0 Å². The Morgan fingerprint density at radius 1 is 1.64 bits per heavy atom. The van der Waals surface area contributed by atoms with Crippen LogP contribution in [0.4, 0.5) is 0 Å². The average molecular weight is 218 g/mol. The highest BCUT2D eigenvalue weighted by Crippen LogP contribution is 2.18. The molecule has 1 rings (SSSR count). The van der Waals surface area contributed by atoms with Gasteiger partial charge in [-0.25, -0.2) is 0 Å². The summed E-state index contributed by atoms with van der Waals surface area (Å²) in [4.78, 5) is 13.8. The van der Waals surface area contributed by atoms with Gasteiger partial charge in [0, 0.05) is 19.0 Å². The van der Waals surface area contributed by atoms with Gasteiger partial charge in [-0.15, -0.1) is 11.6 Å². The van der Waals surface area contributed by atoms with Gasteiger partial charge in [-0.3, -0.25) is 4.79 Å². The molecule has 0 aromatic carbocycles. The van der Waals surface area contributed by atoms with Crippen molar-refractivity contribution in [3.63, 3.8) is 0 Å². The molecular weight excluding hydrogens is 198 g/mol. The zero-order chi connectivity index (χ0) is 10.6. The van der Waals surface area contributed by atoms with Crippen LogP contribution in [0.2, 0.25) is 0 Å². The molecule has 3 heteroatoms. The third-order valence-corrected chi connectivity index (χ3v) is 3.18. The van der Waals surface area contributed by atoms with E-state index in [0.717, 1.165) is 38.8 Å². The van der Waals surface area contributed by atoms with Gasteiger partial charge in [-0.05, 0) is 19.3 Å². The van der Waals surface area contributed by atoms with E-state index >= 15 is 0 Å². The second-order valence-corrected chi connectivity index (χ2v) is 4.83. The first-order valence-corrected chi connectivity index (χ1v) is 6.01. The van der Waals surface area contributed by atoms with Gasteiger partial charge in [0.2, 0.25) is 5.91 Å². The van der Waals surface area contributed by atoms with E-state index in [1.54, 1.807) is 0 Å². The van der Waals surface area contributed by atoms with Crippen molar-refractivity contribution in [1.29, 1.82) is 0 Å². The molecule has 0 N–H and O–H groups in total. The lowest BCUT2D eigenvalue weighted by molar-refractivity contribution is -0.136. The molecule has 0 aromatic rings. The predicted octanol–water partition coefficient (Wildman–Crippen LogP) is 2.65. The molecule has 0 saturated carbocycles. The number of carbonyl (C=O) groups is 1. The highest BCUT2D eigenvalue weighted by Gasteiger charge is 2.24. The third kappa shape index (κ3) is 3.16. The molecule has 2 atom stereocenters. The highest BCUT2D eigenvalue weighted by molar-refractivity contribution is 6.20. The van der Waals surface area contributed by atoms with E-state index in [1.165, 1.54) is 0 Å². The summed E-state index contributed by atoms with van der Waals surface area (Å²) in [5.74, 6) is 0.458. The molecule has 82 valence electrons. The lowest BCUT2D eigenvalue weighted by Crippen LogP contribution is -2.42. The summed E-state index contributed by atoms with van der Waals surface area (Å²) in [6.45, 7) is 5.78. The molecule has 0 aromatic heterocycles. The van der Waals surface area contributed by atoms with Crippen LogP contribution in [0.1, 0.15) is 39.5 Å². The minimum Gasteiger partial charge on any atom is -0.341 e. The second-order valence-electron chi connectivity index (χ2n) is 4.21. The lowest BCUT2D eigenvalue weighted by Gasteiger charge is -2.31. The van der Waals surface area contributed by atoms with Gasteiger partial charge in [0.05, 0.1) is 5.38 Å². The van der Waals surface area contributed by atoms with Gasteiger partial charge in [-0.1, -0.05) is 20.3 Å². The number of nitrogens with zero attached hydrogens (tertiary/aromatic N) is 1. The maximum atomic E-state index is 11.9. The van der Waals surface area contributed by atoms with E-state index < -0.39 is 0 Å². The third-order valence-electron chi connectivity index (χ3n) is 2.82. The fraction of sp³-hybridized carbons (Fsp3) is 0.909. The Kier molecular flexibility index (Phi) is 4.73. The highest BCUT2D eigenvalue weighted by atomic mass is 35.5. The van der Waals surface area contributed by atoms with Crippen LogP contribution in [0.25, 0.3) is 0 Å². The van der Waals surface area contributed by atoms with Crippen molar-refractivity contribution < 1.29 is 4.79 Å². The number of hydrogen-bond acceptors (Lipinski definition) is 1. The van der Waals surface area contributed by atoms with Gasteiger partial charge in [0.15, 0.2) is 0 Å². The van der Waals surface area contributed by atoms with Crippen LogP contribution in [0.5, 0.6) is 0 Å². The zero-order valence-electron chi connectivity index (χ0n) is 9.13. The molecule has 0 aliphatic carbocycles. The first-order valence-electron chi connectivity index (χ1n) is 5.58. The number of amides is 1. The van der Waals surface area contributed by atoms with E-state index in [0.29, 0.717) is 0 Å². The summed E-state index contributed by atoms with van der Waals surface area (Å²) < 4.78 is 0. The van der Waals surface area contributed by atoms with Crippen LogP contribution in [-0.4, -0.2) is 29.3 Å². The standard InChI is InChI=1S/C11H20ClNO/c1-3-5-9(2)11(14)13-7-4-6-10(12)8-13/h9-10H,3-8H2,1-2H3. The zero-order valence-corrected chi connectivity index (χ0v) is 9.89. The maximum Gasteiger partial charge on any atom is 0.225 e. The summed E-state index contributed by atoms with van der Waals surface area (Å²) >= 11 is 6.04. The van der Waals surface area contributed by atoms with Crippen molar-refractivity contribution in [2.45, 2.75) is 44.9 Å². The number of hydrogen-bond donors (Lipinski definition) is 0. The van der Waals surface area contributed by atoms with Crippen molar-refractivity contribution in [3.8, 4) is 0 Å². The summed E-state index contributed by atoms with van der Waals surface area (Å²) in [6, 6.07) is 0. The molecule has 1 aliphatic rings. The monoisotopic (exact) mass is 217 g/mol. The molecule has 1 amide bonds. The smallest absolute Gasteiger partial charge is 0.225 e. The number of carbonyl (C=O) groups excluding carboxylic acids is 1. The Morgan fingerprint density at radius 3 is 2.93 bits per heavy atom. The fourth-order valence-electron chi connectivity index (χ4n) is 1.99. The van der Waals surface area contributed by atoms with Gasteiger partial charge in [-0.2, -0.15) is 0 Å². The Balaban J connectivity index is 2.42. The maximum absolute atomic E-state index is 11.9. The largest absolute Gasteiger partial charge is 0.341 e. The average Bonchev–Trinajstić information content (AvgIpc) is 2.17. The molecule has 1 fully saturated rings. The first kappa shape index (κ1) is 11.8. The lowest BCUT2D eigenvalue weighted by atomic mass is 10.0. The SMILES string of the molecule is CCCC(C)C(=O)N1CCCC(Cl)C1. The number of halogens is 1. The molecule has 0 bridgehead atoms. The fourth-order valence-corrected chi connectivity index (χ4v) is 2.31. The predicted molar refractivity (Wildman–Crippen MR) is 59.5 cm³/mol. The molecule has 0 radical (unpaired) electrons. The summed E-state index contributed by atoms with van der Waals surface area (Å²) in [5, 5.41) is 0.168. The van der Waals surface area contributed by atoms with Crippen LogP contribution in [0.3, 0.4) is 0 Å². The number of piperidine rings is 1. The molecule has 1 aliphatic heterocycles. The van der Waals surface area contributed by atoms with E-state index in [1.807, 2.05) is 11.8 Å². The van der Waals surface area contributed by atoms with Gasteiger partial charge in [0.1, 0.15) is 0 Å². The number of rotatable bonds is 3. The number of alkyl halides is 1. The Bertz CT molecular complexity index is 196. The van der Waals surface area contributed by atoms with Crippen LogP contribution >= 0.6 is 11.6 Å². The molecule has 2 unspecified atom stereocenters. The molecule has 2 nitrogen and oxygen atoms in total. The van der Waals surface area contributed by atoms with Crippen LogP contribution in [0.15, 0.2) is 0 Å². The number of likely N-dealkylation sites (tertiary alicyclic amines) is 1. The Morgan fingerprint density at radius 2 is 2.36 bits per heavy atom. The van der Waals surface area contributed by atoms with Crippen molar-refractivity contribution in [2.75, 3.05) is 13.1 Å². The van der Waals surface area contributed by atoms with Crippen molar-refractivity contribution in [1.82, 2.24) is 4.90 Å². The minimum atomic E-state index is 0.168. The first-order chi connectivity index (χ1) is 6.65. The normalized spacial score (nSPS) is 24.8. The van der Waals surface area contributed by atoms with Crippen molar-refractivity contribution in [3.05, 3.63) is 0 Å². The van der Waals surface area contributed by atoms with E-state index in [9.17, 15) is 4.79 Å². The van der Waals surface area contributed by atoms with Crippen LogP contribution in [-0.2, 0) is 4.79 Å². The quantitative estimate of drug-likeness (QED) is 0.666. The molecule has 1 saturated heterocycles. The van der Waals surface area contributed by atoms with E-state index in [2.05, 4.69) is 6.92 Å². The topological polar surface area (TPSA) is 20.3 Å². The Labute approximate surface area is 91.6 Å². The van der Waals surface area contributed by atoms with Gasteiger partial charge < -0.3 is 4.90 Å². The van der Waals surface area contributed by atoms with Crippen molar-refractivity contribution in [2.24, 2.45) is 5.92 Å². The molecule has 1 heterocycles. The second kappa shape index (κ2) is 5.59. The minimum absolute atomic E-state index is 0.168. The summed E-state index contributed by atoms with van der Waals surface area (Å²) in [6.07, 6.45) is 4.17. The van der Waals surface area contributed by atoms with E-state index in [4.69, 9.17) is 11.6 Å². The summed E-state index contributed by atoms with van der Waals surface area (Å²) in [7, 11) is 0. The summed E-state index contributed by atoms with van der Waals surface area (Å²) in [5.41, 5.74) is 0. The molecular formula is C11H20ClNO. The Hall–Kier alpha value is -0.240. The van der Waals surface area contributed by atoms with Crippen molar-refractivity contribution >= 4 is 17.5 Å². The molecule has 0 spiro atoms. The van der Waals surface area contributed by atoms with E-state index in [-0.39, 0.29) is 17.2 Å². The molecule has 14 heavy (non-hydrogen) atoms.